The average Bonchev–Trinajstić information content (AvgIpc) is 3.16. The van der Waals surface area contributed by atoms with Crippen molar-refractivity contribution in [2.24, 2.45) is 5.92 Å². The lowest BCUT2D eigenvalue weighted by molar-refractivity contribution is -0.998. The Kier molecular flexibility index (Phi) is 4.09. The second-order valence-corrected chi connectivity index (χ2v) is 6.85. The van der Waals surface area contributed by atoms with Crippen molar-refractivity contribution in [3.05, 3.63) is 17.5 Å². The minimum atomic E-state index is -0.115. The molecule has 2 saturated heterocycles. The molecule has 2 N–H and O–H groups in total. The Morgan fingerprint density at radius 3 is 2.70 bits per heavy atom. The third-order valence-electron chi connectivity index (χ3n) is 5.99. The highest BCUT2D eigenvalue weighted by Gasteiger charge is 2.62. The lowest BCUT2D eigenvalue weighted by Crippen LogP contribution is -3.19. The molecule has 23 heavy (non-hydrogen) atoms. The smallest absolute Gasteiger partial charge is 0.140 e. The van der Waals surface area contributed by atoms with Gasteiger partial charge in [0.2, 0.25) is 0 Å². The van der Waals surface area contributed by atoms with E-state index in [2.05, 4.69) is 29.7 Å². The molecular weight excluding hydrogens is 298 g/mol. The Labute approximate surface area is 137 Å². The van der Waals surface area contributed by atoms with Crippen LogP contribution in [0.5, 0.6) is 0 Å². The predicted octanol–water partition coefficient (Wildman–Crippen LogP) is -0.965. The molecule has 1 saturated carbocycles. The lowest BCUT2D eigenvalue weighted by atomic mass is 9.75. The van der Waals surface area contributed by atoms with Crippen LogP contribution in [0.25, 0.3) is 0 Å². The summed E-state index contributed by atoms with van der Waals surface area (Å²) in [6, 6.07) is 0.261. The van der Waals surface area contributed by atoms with Gasteiger partial charge >= 0.3 is 0 Å². The highest BCUT2D eigenvalue weighted by molar-refractivity contribution is 5.06. The van der Waals surface area contributed by atoms with Gasteiger partial charge in [-0.25, -0.2) is 0 Å². The van der Waals surface area contributed by atoms with Crippen LogP contribution in [0, 0.1) is 11.1 Å². The number of quaternary nitrogens is 1. The van der Waals surface area contributed by atoms with Crippen molar-refractivity contribution < 1.29 is 14.6 Å². The van der Waals surface area contributed by atoms with Crippen LogP contribution in [0.15, 0.2) is 12.3 Å². The molecular formula is C15H27N5O3. The predicted molar refractivity (Wildman–Crippen MR) is 83.0 cm³/mol. The highest BCUT2D eigenvalue weighted by atomic mass is 16.6. The van der Waals surface area contributed by atoms with Gasteiger partial charge in [-0.2, -0.15) is 0 Å². The van der Waals surface area contributed by atoms with Crippen LogP contribution in [0.4, 0.5) is 0 Å². The van der Waals surface area contributed by atoms with Crippen LogP contribution < -0.4 is 10.7 Å². The first-order valence-electron chi connectivity index (χ1n) is 8.58. The summed E-state index contributed by atoms with van der Waals surface area (Å²) in [7, 11) is 3.48. The molecule has 1 aliphatic carbocycles. The quantitative estimate of drug-likeness (QED) is 0.648. The van der Waals surface area contributed by atoms with Crippen LogP contribution >= 0.6 is 0 Å². The van der Waals surface area contributed by atoms with Gasteiger partial charge in [-0.1, -0.05) is 12.0 Å². The molecule has 4 rings (SSSR count). The molecule has 7 unspecified atom stereocenters. The fourth-order valence-corrected chi connectivity index (χ4v) is 5.02. The summed E-state index contributed by atoms with van der Waals surface area (Å²) in [6.45, 7) is 2.97. The lowest BCUT2D eigenvalue weighted by Gasteiger charge is -2.49. The molecule has 0 aromatic rings. The number of methoxy groups -OCH3 is 2. The maximum absolute atomic E-state index is 13.1. The van der Waals surface area contributed by atoms with Crippen molar-refractivity contribution >= 4 is 0 Å². The summed E-state index contributed by atoms with van der Waals surface area (Å²) in [5.41, 5.74) is 3.31. The van der Waals surface area contributed by atoms with Gasteiger partial charge in [-0.15, -0.1) is 10.7 Å². The van der Waals surface area contributed by atoms with Crippen molar-refractivity contribution in [2.75, 3.05) is 20.8 Å². The van der Waals surface area contributed by atoms with E-state index in [1.807, 2.05) is 10.2 Å². The molecule has 4 aliphatic rings. The van der Waals surface area contributed by atoms with Gasteiger partial charge in [-0.05, 0) is 25.3 Å². The van der Waals surface area contributed by atoms with Crippen molar-refractivity contribution in [2.45, 2.75) is 56.5 Å². The Morgan fingerprint density at radius 2 is 2.00 bits per heavy atom. The van der Waals surface area contributed by atoms with Crippen molar-refractivity contribution in [3.63, 3.8) is 0 Å². The number of hydrogen-bond donors (Lipinski definition) is 2. The molecule has 0 aromatic heterocycles. The van der Waals surface area contributed by atoms with E-state index in [9.17, 15) is 5.21 Å². The maximum atomic E-state index is 13.1. The number of nitrogens with zero attached hydrogens (tertiary/aromatic N) is 3. The van der Waals surface area contributed by atoms with E-state index in [4.69, 9.17) is 9.47 Å². The Hall–Kier alpha value is -0.740. The number of hydrazine groups is 3. The number of ether oxygens (including phenoxy) is 2. The molecule has 3 aliphatic heterocycles. The van der Waals surface area contributed by atoms with Crippen molar-refractivity contribution in [1.82, 2.24) is 20.8 Å². The zero-order valence-electron chi connectivity index (χ0n) is 14.0. The Balaban J connectivity index is 1.71. The minimum Gasteiger partial charge on any atom is -0.612 e. The molecule has 0 amide bonds. The average molecular weight is 325 g/mol. The first kappa shape index (κ1) is 15.8. The number of rotatable bonds is 3. The number of fused-ring (bicyclic) bond motifs is 4. The van der Waals surface area contributed by atoms with E-state index in [1.54, 1.807) is 14.2 Å². The van der Waals surface area contributed by atoms with E-state index in [-0.39, 0.29) is 41.4 Å². The molecule has 0 spiro atoms. The molecule has 0 radical (unpaired) electrons. The summed E-state index contributed by atoms with van der Waals surface area (Å²) in [5, 5.41) is 19.4. The fraction of sp³-hybridized carbons (Fsp3) is 0.867. The van der Waals surface area contributed by atoms with Crippen molar-refractivity contribution in [1.29, 1.82) is 0 Å². The normalized spacial score (nSPS) is 46.8. The van der Waals surface area contributed by atoms with Crippen LogP contribution in [0.1, 0.15) is 26.2 Å². The topological polar surface area (TPSA) is 67.7 Å². The van der Waals surface area contributed by atoms with Crippen LogP contribution in [0.3, 0.4) is 0 Å². The molecule has 8 nitrogen and oxygen atoms in total. The fourth-order valence-electron chi connectivity index (χ4n) is 5.02. The Bertz CT molecular complexity index is 478. The molecule has 3 heterocycles. The van der Waals surface area contributed by atoms with E-state index >= 15 is 0 Å². The van der Waals surface area contributed by atoms with Crippen LogP contribution in [-0.2, 0) is 9.47 Å². The van der Waals surface area contributed by atoms with Gasteiger partial charge in [0.05, 0.1) is 24.6 Å². The van der Waals surface area contributed by atoms with Crippen LogP contribution in [0.2, 0.25) is 0 Å². The summed E-state index contributed by atoms with van der Waals surface area (Å²) in [6.07, 6.45) is 7.15. The van der Waals surface area contributed by atoms with Gasteiger partial charge in [0, 0.05) is 20.4 Å². The summed E-state index contributed by atoms with van der Waals surface area (Å²) in [5.74, 6) is 0.166. The van der Waals surface area contributed by atoms with Gasteiger partial charge in [0.1, 0.15) is 18.2 Å². The number of hydrogen-bond acceptors (Lipinski definition) is 7. The number of hydroxylamine groups is 1. The summed E-state index contributed by atoms with van der Waals surface area (Å²) < 4.78 is 11.5. The number of nitrogens with one attached hydrogen (secondary N) is 2. The third kappa shape index (κ3) is 2.17. The molecule has 3 fully saturated rings. The van der Waals surface area contributed by atoms with Gasteiger partial charge in [0.15, 0.2) is 0 Å². The van der Waals surface area contributed by atoms with Gasteiger partial charge in [0.25, 0.3) is 0 Å². The first-order valence-corrected chi connectivity index (χ1v) is 8.58. The first-order chi connectivity index (χ1) is 11.2. The highest BCUT2D eigenvalue weighted by Crippen LogP contribution is 2.39. The SMILES string of the molecule is CCC1C2C3C(OC)CCC(OC)C3[NH+]([O-])N2NN2CC=CN12. The van der Waals surface area contributed by atoms with E-state index in [0.29, 0.717) is 0 Å². The summed E-state index contributed by atoms with van der Waals surface area (Å²) >= 11 is 0. The Morgan fingerprint density at radius 1 is 1.26 bits per heavy atom. The van der Waals surface area contributed by atoms with Gasteiger partial charge in [-0.3, -0.25) is 10.2 Å². The largest absolute Gasteiger partial charge is 0.612 e. The second-order valence-electron chi connectivity index (χ2n) is 6.85. The standard InChI is InChI=1S/C15H27N5O3/c1-4-10-14-13-11(22-2)6-7-12(23-3)15(13)20(21)19(14)16-18-9-5-8-17(10)18/h5,8,10-16,20H,4,6-7,9H2,1-3H3. The third-order valence-corrected chi connectivity index (χ3v) is 5.99. The molecule has 8 heteroatoms. The van der Waals surface area contributed by atoms with Crippen molar-refractivity contribution in [3.8, 4) is 0 Å². The van der Waals surface area contributed by atoms with E-state index in [0.717, 1.165) is 25.8 Å². The molecule has 7 atom stereocenters. The monoisotopic (exact) mass is 325 g/mol. The van der Waals surface area contributed by atoms with E-state index in [1.165, 1.54) is 0 Å². The molecule has 0 bridgehead atoms. The van der Waals surface area contributed by atoms with Gasteiger partial charge < -0.3 is 14.7 Å². The zero-order chi connectivity index (χ0) is 16.1. The van der Waals surface area contributed by atoms with Crippen LogP contribution in [-0.4, -0.2) is 66.3 Å². The second kappa shape index (κ2) is 5.96. The molecule has 0 aromatic carbocycles. The maximum Gasteiger partial charge on any atom is 0.140 e. The zero-order valence-corrected chi connectivity index (χ0v) is 14.0. The van der Waals surface area contributed by atoms with E-state index < -0.39 is 0 Å². The molecule has 130 valence electrons. The summed E-state index contributed by atoms with van der Waals surface area (Å²) in [4.78, 5) is 0. The minimum absolute atomic E-state index is 0.0100.